The average Bonchev–Trinajstić information content (AvgIpc) is 2.54. The van der Waals surface area contributed by atoms with Crippen LogP contribution in [0.5, 0.6) is 0 Å². The second-order valence-electron chi connectivity index (χ2n) is 5.30. The molecule has 1 N–H and O–H groups in total. The molecule has 0 atom stereocenters. The minimum Gasteiger partial charge on any atom is -0.478 e. The maximum Gasteiger partial charge on any atom is 0.335 e. The van der Waals surface area contributed by atoms with E-state index in [1.54, 1.807) is 23.9 Å². The number of hydrogen-bond donors (Lipinski definition) is 1. The molecule has 1 aromatic rings. The maximum absolute atomic E-state index is 12.0. The Hall–Kier alpha value is -1.33. The molecule has 0 aliphatic carbocycles. The van der Waals surface area contributed by atoms with Gasteiger partial charge in [0.05, 0.1) is 12.2 Å². The van der Waals surface area contributed by atoms with E-state index in [4.69, 9.17) is 9.84 Å². The summed E-state index contributed by atoms with van der Waals surface area (Å²) in [4.78, 5) is 22.8. The molecule has 0 spiro atoms. The molecular formula is C18H28O4S. The Labute approximate surface area is 143 Å². The molecule has 0 unspecified atom stereocenters. The van der Waals surface area contributed by atoms with Crippen molar-refractivity contribution in [1.29, 1.82) is 0 Å². The SMILES string of the molecule is CC.CCOCC(C)(C)SCCC(=O)c1ccc(C(=O)O)cc1. The maximum atomic E-state index is 12.0. The lowest BCUT2D eigenvalue weighted by atomic mass is 10.1. The summed E-state index contributed by atoms with van der Waals surface area (Å²) in [6.45, 7) is 11.5. The normalized spacial score (nSPS) is 10.7. The van der Waals surface area contributed by atoms with Gasteiger partial charge in [-0.25, -0.2) is 4.79 Å². The molecular weight excluding hydrogens is 312 g/mol. The molecule has 4 nitrogen and oxygen atoms in total. The zero-order valence-electron chi connectivity index (χ0n) is 14.7. The van der Waals surface area contributed by atoms with E-state index in [0.717, 1.165) is 5.75 Å². The van der Waals surface area contributed by atoms with Gasteiger partial charge in [0.15, 0.2) is 5.78 Å². The summed E-state index contributed by atoms with van der Waals surface area (Å²) in [5.74, 6) is -0.228. The quantitative estimate of drug-likeness (QED) is 0.669. The molecule has 1 rings (SSSR count). The zero-order chi connectivity index (χ0) is 17.9. The lowest BCUT2D eigenvalue weighted by molar-refractivity contribution is 0.0696. The Morgan fingerprint density at radius 3 is 2.13 bits per heavy atom. The monoisotopic (exact) mass is 340 g/mol. The smallest absolute Gasteiger partial charge is 0.335 e. The number of ether oxygens (including phenoxy) is 1. The van der Waals surface area contributed by atoms with Crippen molar-refractivity contribution in [3.8, 4) is 0 Å². The van der Waals surface area contributed by atoms with Gasteiger partial charge in [-0.3, -0.25) is 4.79 Å². The van der Waals surface area contributed by atoms with Crippen molar-refractivity contribution in [2.45, 2.75) is 45.8 Å². The van der Waals surface area contributed by atoms with Gasteiger partial charge >= 0.3 is 5.97 Å². The van der Waals surface area contributed by atoms with Gasteiger partial charge < -0.3 is 9.84 Å². The fourth-order valence-corrected chi connectivity index (χ4v) is 2.76. The van der Waals surface area contributed by atoms with Crippen LogP contribution in [0.1, 0.15) is 61.8 Å². The van der Waals surface area contributed by atoms with Crippen molar-refractivity contribution in [1.82, 2.24) is 0 Å². The summed E-state index contributed by atoms with van der Waals surface area (Å²) in [6, 6.07) is 6.06. The van der Waals surface area contributed by atoms with Gasteiger partial charge in [-0.05, 0) is 32.9 Å². The van der Waals surface area contributed by atoms with E-state index in [-0.39, 0.29) is 16.1 Å². The number of benzene rings is 1. The van der Waals surface area contributed by atoms with Crippen LogP contribution in [0, 0.1) is 0 Å². The summed E-state index contributed by atoms with van der Waals surface area (Å²) < 4.78 is 5.40. The molecule has 0 bridgehead atoms. The molecule has 0 saturated carbocycles. The highest BCUT2D eigenvalue weighted by Crippen LogP contribution is 2.25. The van der Waals surface area contributed by atoms with Gasteiger partial charge in [-0.15, -0.1) is 0 Å². The third-order valence-electron chi connectivity index (χ3n) is 2.93. The second-order valence-corrected chi connectivity index (χ2v) is 7.10. The molecule has 0 radical (unpaired) electrons. The van der Waals surface area contributed by atoms with Crippen LogP contribution in [0.4, 0.5) is 0 Å². The average molecular weight is 340 g/mol. The number of aromatic carboxylic acids is 1. The van der Waals surface area contributed by atoms with Crippen LogP contribution >= 0.6 is 11.8 Å². The number of hydrogen-bond acceptors (Lipinski definition) is 4. The molecule has 0 heterocycles. The largest absolute Gasteiger partial charge is 0.478 e. The Bertz CT molecular complexity index is 480. The van der Waals surface area contributed by atoms with Crippen LogP contribution in [-0.2, 0) is 4.74 Å². The first-order chi connectivity index (χ1) is 10.9. The molecule has 0 aliphatic heterocycles. The number of thioether (sulfide) groups is 1. The minimum absolute atomic E-state index is 0.0105. The Balaban J connectivity index is 0.00000232. The van der Waals surface area contributed by atoms with Crippen molar-refractivity contribution in [3.05, 3.63) is 35.4 Å². The highest BCUT2D eigenvalue weighted by Gasteiger charge is 2.19. The van der Waals surface area contributed by atoms with Crippen molar-refractivity contribution in [2.24, 2.45) is 0 Å². The van der Waals surface area contributed by atoms with E-state index >= 15 is 0 Å². The van der Waals surface area contributed by atoms with Crippen LogP contribution in [0.25, 0.3) is 0 Å². The number of rotatable bonds is 9. The summed E-state index contributed by atoms with van der Waals surface area (Å²) in [5.41, 5.74) is 0.752. The summed E-state index contributed by atoms with van der Waals surface area (Å²) >= 11 is 1.71. The Kier molecular flexibility index (Phi) is 10.6. The summed E-state index contributed by atoms with van der Waals surface area (Å²) in [7, 11) is 0. The van der Waals surface area contributed by atoms with E-state index in [1.165, 1.54) is 12.1 Å². The van der Waals surface area contributed by atoms with Crippen LogP contribution in [0.15, 0.2) is 24.3 Å². The summed E-state index contributed by atoms with van der Waals surface area (Å²) in [6.07, 6.45) is 0.437. The molecule has 1 aromatic carbocycles. The Morgan fingerprint density at radius 2 is 1.65 bits per heavy atom. The summed E-state index contributed by atoms with van der Waals surface area (Å²) in [5, 5.41) is 8.82. The highest BCUT2D eigenvalue weighted by atomic mass is 32.2. The first-order valence-corrected chi connectivity index (χ1v) is 8.92. The van der Waals surface area contributed by atoms with E-state index < -0.39 is 5.97 Å². The van der Waals surface area contributed by atoms with Crippen LogP contribution in [0.3, 0.4) is 0 Å². The fraction of sp³-hybridized carbons (Fsp3) is 0.556. The number of carbonyl (C=O) groups is 2. The third-order valence-corrected chi connectivity index (χ3v) is 4.24. The first-order valence-electron chi connectivity index (χ1n) is 7.94. The van der Waals surface area contributed by atoms with E-state index in [1.807, 2.05) is 20.8 Å². The van der Waals surface area contributed by atoms with Crippen LogP contribution in [0.2, 0.25) is 0 Å². The first kappa shape index (κ1) is 21.7. The van der Waals surface area contributed by atoms with E-state index in [0.29, 0.717) is 25.2 Å². The molecule has 5 heteroatoms. The predicted octanol–water partition coefficient (Wildman–Crippen LogP) is 4.53. The minimum atomic E-state index is -0.984. The topological polar surface area (TPSA) is 63.6 Å². The van der Waals surface area contributed by atoms with E-state index in [9.17, 15) is 9.59 Å². The van der Waals surface area contributed by atoms with Crippen molar-refractivity contribution >= 4 is 23.5 Å². The van der Waals surface area contributed by atoms with Crippen molar-refractivity contribution in [2.75, 3.05) is 19.0 Å². The highest BCUT2D eigenvalue weighted by molar-refractivity contribution is 8.00. The molecule has 0 fully saturated rings. The van der Waals surface area contributed by atoms with E-state index in [2.05, 4.69) is 13.8 Å². The number of carboxylic acids is 1. The van der Waals surface area contributed by atoms with Gasteiger partial charge in [0.2, 0.25) is 0 Å². The fourth-order valence-electron chi connectivity index (χ4n) is 1.75. The van der Waals surface area contributed by atoms with Crippen molar-refractivity contribution < 1.29 is 19.4 Å². The lowest BCUT2D eigenvalue weighted by Gasteiger charge is -2.23. The zero-order valence-corrected chi connectivity index (χ0v) is 15.5. The van der Waals surface area contributed by atoms with Crippen LogP contribution in [-0.4, -0.2) is 40.6 Å². The van der Waals surface area contributed by atoms with Gasteiger partial charge in [0.1, 0.15) is 0 Å². The number of carbonyl (C=O) groups excluding carboxylic acids is 1. The van der Waals surface area contributed by atoms with Gasteiger partial charge in [-0.2, -0.15) is 11.8 Å². The lowest BCUT2D eigenvalue weighted by Crippen LogP contribution is -2.23. The molecule has 130 valence electrons. The molecule has 0 aliphatic rings. The van der Waals surface area contributed by atoms with Gasteiger partial charge in [-0.1, -0.05) is 26.0 Å². The van der Waals surface area contributed by atoms with Gasteiger partial charge in [0, 0.05) is 29.1 Å². The van der Waals surface area contributed by atoms with Gasteiger partial charge in [0.25, 0.3) is 0 Å². The number of ketones is 1. The number of Topliss-reactive ketones (excluding diaryl/α,β-unsaturated/α-hetero) is 1. The third kappa shape index (κ3) is 8.77. The number of carboxylic acid groups (broad SMARTS) is 1. The molecule has 0 aromatic heterocycles. The predicted molar refractivity (Wildman–Crippen MR) is 96.7 cm³/mol. The standard InChI is InChI=1S/C16H22O4S.C2H6/c1-4-20-11-16(2,3)21-10-9-14(17)12-5-7-13(8-6-12)15(18)19;1-2/h5-8H,4,9-11H2,1-3H3,(H,18,19);1-2H3. The molecule has 23 heavy (non-hydrogen) atoms. The second kappa shape index (κ2) is 11.2. The molecule has 0 amide bonds. The molecule has 0 saturated heterocycles. The van der Waals surface area contributed by atoms with Crippen molar-refractivity contribution in [3.63, 3.8) is 0 Å². The Morgan fingerprint density at radius 1 is 1.13 bits per heavy atom. The van der Waals surface area contributed by atoms with Crippen LogP contribution < -0.4 is 0 Å².